The van der Waals surface area contributed by atoms with Crippen molar-refractivity contribution in [2.24, 2.45) is 0 Å². The van der Waals surface area contributed by atoms with Gasteiger partial charge in [0.25, 0.3) is 0 Å². The summed E-state index contributed by atoms with van der Waals surface area (Å²) < 4.78 is 0.981. The molecule has 1 amide bonds. The van der Waals surface area contributed by atoms with Gasteiger partial charge in [-0.25, -0.2) is 4.98 Å². The largest absolute Gasteiger partial charge is 0.350 e. The number of hydrogen-bond acceptors (Lipinski definition) is 4. The van der Waals surface area contributed by atoms with Crippen molar-refractivity contribution >= 4 is 27.7 Å². The molecule has 23 heavy (non-hydrogen) atoms. The molecule has 0 saturated heterocycles. The van der Waals surface area contributed by atoms with Crippen LogP contribution >= 0.6 is 15.9 Å². The molecule has 1 N–H and O–H groups in total. The highest BCUT2D eigenvalue weighted by Gasteiger charge is 2.13. The Bertz CT molecular complexity index is 724. The van der Waals surface area contributed by atoms with Crippen LogP contribution < -0.4 is 10.2 Å². The van der Waals surface area contributed by atoms with E-state index in [1.807, 2.05) is 37.3 Å². The lowest BCUT2D eigenvalue weighted by molar-refractivity contribution is -0.120. The molecule has 0 fully saturated rings. The fourth-order valence-electron chi connectivity index (χ4n) is 2.12. The maximum atomic E-state index is 12.2. The number of rotatable bonds is 5. The Morgan fingerprint density at radius 2 is 2.22 bits per heavy atom. The van der Waals surface area contributed by atoms with E-state index in [9.17, 15) is 4.79 Å². The van der Waals surface area contributed by atoms with Gasteiger partial charge in [0, 0.05) is 17.7 Å². The fourth-order valence-corrected chi connectivity index (χ4v) is 2.54. The normalized spacial score (nSPS) is 11.4. The zero-order chi connectivity index (χ0) is 16.8. The minimum Gasteiger partial charge on any atom is -0.350 e. The van der Waals surface area contributed by atoms with Crippen LogP contribution in [0.3, 0.4) is 0 Å². The number of hydrogen-bond donors (Lipinski definition) is 1. The summed E-state index contributed by atoms with van der Waals surface area (Å²) in [5, 5.41) is 11.7. The average Bonchev–Trinajstić information content (AvgIpc) is 2.54. The van der Waals surface area contributed by atoms with Gasteiger partial charge >= 0.3 is 0 Å². The van der Waals surface area contributed by atoms with Gasteiger partial charge in [0.1, 0.15) is 11.9 Å². The lowest BCUT2D eigenvalue weighted by atomic mass is 10.1. The van der Waals surface area contributed by atoms with Crippen LogP contribution in [0.1, 0.15) is 24.1 Å². The maximum Gasteiger partial charge on any atom is 0.240 e. The van der Waals surface area contributed by atoms with E-state index in [0.717, 1.165) is 10.0 Å². The Kier molecular flexibility index (Phi) is 5.72. The zero-order valence-electron chi connectivity index (χ0n) is 13.0. The quantitative estimate of drug-likeness (QED) is 0.875. The number of nitrogens with zero attached hydrogens (tertiary/aromatic N) is 3. The van der Waals surface area contributed by atoms with E-state index in [1.54, 1.807) is 24.1 Å². The SMILES string of the molecule is CC(NC(=O)CN(C)c1ccc(C#N)cn1)c1cccc(Br)c1. The molecular weight excluding hydrogens is 356 g/mol. The zero-order valence-corrected chi connectivity index (χ0v) is 14.5. The van der Waals surface area contributed by atoms with Crippen LogP contribution in [0.25, 0.3) is 0 Å². The van der Waals surface area contributed by atoms with Gasteiger partial charge < -0.3 is 10.2 Å². The molecule has 1 unspecified atom stereocenters. The molecule has 118 valence electrons. The molecule has 0 radical (unpaired) electrons. The highest BCUT2D eigenvalue weighted by molar-refractivity contribution is 9.10. The molecule has 0 bridgehead atoms. The Morgan fingerprint density at radius 1 is 1.43 bits per heavy atom. The van der Waals surface area contributed by atoms with Gasteiger partial charge in [-0.3, -0.25) is 4.79 Å². The summed E-state index contributed by atoms with van der Waals surface area (Å²) in [6.07, 6.45) is 1.49. The first-order valence-corrected chi connectivity index (χ1v) is 7.91. The summed E-state index contributed by atoms with van der Waals surface area (Å²) in [5.41, 5.74) is 1.53. The van der Waals surface area contributed by atoms with E-state index in [2.05, 4.69) is 26.2 Å². The van der Waals surface area contributed by atoms with Crippen molar-refractivity contribution in [3.8, 4) is 6.07 Å². The number of carbonyl (C=O) groups is 1. The van der Waals surface area contributed by atoms with Crippen LogP contribution in [0.5, 0.6) is 0 Å². The van der Waals surface area contributed by atoms with Crippen molar-refractivity contribution in [1.29, 1.82) is 5.26 Å². The van der Waals surface area contributed by atoms with Crippen LogP contribution in [0, 0.1) is 11.3 Å². The molecule has 1 atom stereocenters. The van der Waals surface area contributed by atoms with Gasteiger partial charge in [0.2, 0.25) is 5.91 Å². The molecule has 5 nitrogen and oxygen atoms in total. The molecule has 0 aliphatic rings. The van der Waals surface area contributed by atoms with Crippen molar-refractivity contribution in [2.75, 3.05) is 18.5 Å². The highest BCUT2D eigenvalue weighted by atomic mass is 79.9. The van der Waals surface area contributed by atoms with E-state index in [4.69, 9.17) is 5.26 Å². The topological polar surface area (TPSA) is 69.0 Å². The van der Waals surface area contributed by atoms with Crippen LogP contribution in [-0.4, -0.2) is 24.5 Å². The third-order valence-corrected chi connectivity index (χ3v) is 3.87. The number of aromatic nitrogens is 1. The van der Waals surface area contributed by atoms with E-state index >= 15 is 0 Å². The summed E-state index contributed by atoms with van der Waals surface area (Å²) in [5.74, 6) is 0.556. The lowest BCUT2D eigenvalue weighted by Gasteiger charge is -2.20. The van der Waals surface area contributed by atoms with Crippen LogP contribution in [0.2, 0.25) is 0 Å². The second-order valence-corrected chi connectivity index (χ2v) is 6.13. The number of nitriles is 1. The predicted molar refractivity (Wildman–Crippen MR) is 92.9 cm³/mol. The number of amides is 1. The third-order valence-electron chi connectivity index (χ3n) is 3.38. The van der Waals surface area contributed by atoms with E-state index < -0.39 is 0 Å². The lowest BCUT2D eigenvalue weighted by Crippen LogP contribution is -2.36. The first kappa shape index (κ1) is 17.0. The number of halogens is 1. The smallest absolute Gasteiger partial charge is 0.240 e. The first-order chi connectivity index (χ1) is 11.0. The first-order valence-electron chi connectivity index (χ1n) is 7.11. The molecule has 1 heterocycles. The van der Waals surface area contributed by atoms with Crippen molar-refractivity contribution in [1.82, 2.24) is 10.3 Å². The number of likely N-dealkylation sites (N-methyl/N-ethyl adjacent to an activating group) is 1. The third kappa shape index (κ3) is 4.80. The number of nitrogens with one attached hydrogen (secondary N) is 1. The van der Waals surface area contributed by atoms with Crippen molar-refractivity contribution in [2.45, 2.75) is 13.0 Å². The molecule has 1 aromatic heterocycles. The van der Waals surface area contributed by atoms with Gasteiger partial charge in [-0.15, -0.1) is 0 Å². The number of carbonyl (C=O) groups excluding carboxylic acids is 1. The van der Waals surface area contributed by atoms with Crippen molar-refractivity contribution < 1.29 is 4.79 Å². The van der Waals surface area contributed by atoms with Crippen LogP contribution in [0.15, 0.2) is 47.1 Å². The summed E-state index contributed by atoms with van der Waals surface area (Å²) in [6, 6.07) is 13.2. The van der Waals surface area contributed by atoms with Crippen LogP contribution in [0.4, 0.5) is 5.82 Å². The fraction of sp³-hybridized carbons (Fsp3) is 0.235. The molecule has 6 heteroatoms. The summed E-state index contributed by atoms with van der Waals surface area (Å²) in [7, 11) is 1.79. The molecule has 2 rings (SSSR count). The number of pyridine rings is 1. The number of anilines is 1. The second kappa shape index (κ2) is 7.75. The molecule has 0 aliphatic carbocycles. The molecule has 0 aliphatic heterocycles. The van der Waals surface area contributed by atoms with Crippen LogP contribution in [-0.2, 0) is 4.79 Å². The number of benzene rings is 1. The van der Waals surface area contributed by atoms with Crippen molar-refractivity contribution in [3.05, 3.63) is 58.2 Å². The minimum absolute atomic E-state index is 0.0812. The van der Waals surface area contributed by atoms with Gasteiger partial charge in [-0.2, -0.15) is 5.26 Å². The summed E-state index contributed by atoms with van der Waals surface area (Å²) >= 11 is 3.43. The molecular formula is C17H17BrN4O. The monoisotopic (exact) mass is 372 g/mol. The molecule has 0 spiro atoms. The highest BCUT2D eigenvalue weighted by Crippen LogP contribution is 2.18. The van der Waals surface area contributed by atoms with Gasteiger partial charge in [0.05, 0.1) is 18.2 Å². The summed E-state index contributed by atoms with van der Waals surface area (Å²) in [6.45, 7) is 2.14. The standard InChI is InChI=1S/C17H17BrN4O/c1-12(14-4-3-5-15(18)8-14)21-17(23)11-22(2)16-7-6-13(9-19)10-20-16/h3-8,10,12H,11H2,1-2H3,(H,21,23). The molecule has 1 aromatic carbocycles. The molecule has 2 aromatic rings. The Hall–Kier alpha value is -2.39. The van der Waals surface area contributed by atoms with E-state index in [-0.39, 0.29) is 18.5 Å². The average molecular weight is 373 g/mol. The predicted octanol–water partition coefficient (Wildman–Crippen LogP) is 3.03. The molecule has 0 saturated carbocycles. The van der Waals surface area contributed by atoms with E-state index in [1.165, 1.54) is 6.20 Å². The Labute approximate surface area is 144 Å². The van der Waals surface area contributed by atoms with Gasteiger partial charge in [0.15, 0.2) is 0 Å². The van der Waals surface area contributed by atoms with Crippen molar-refractivity contribution in [3.63, 3.8) is 0 Å². The van der Waals surface area contributed by atoms with Gasteiger partial charge in [-0.05, 0) is 36.8 Å². The minimum atomic E-state index is -0.0915. The summed E-state index contributed by atoms with van der Waals surface area (Å²) in [4.78, 5) is 18.1. The Balaban J connectivity index is 1.94. The van der Waals surface area contributed by atoms with E-state index in [0.29, 0.717) is 11.4 Å². The Morgan fingerprint density at radius 3 is 2.83 bits per heavy atom. The second-order valence-electron chi connectivity index (χ2n) is 5.22. The maximum absolute atomic E-state index is 12.2. The van der Waals surface area contributed by atoms with Gasteiger partial charge in [-0.1, -0.05) is 28.1 Å².